The van der Waals surface area contributed by atoms with Crippen LogP contribution in [-0.2, 0) is 4.74 Å². The Morgan fingerprint density at radius 2 is 2.29 bits per heavy atom. The molecular formula is C16H24N2O2S. The number of aromatic nitrogens is 1. The minimum Gasteiger partial charge on any atom is -0.444 e. The molecule has 1 aromatic heterocycles. The second-order valence-electron chi connectivity index (χ2n) is 6.41. The van der Waals surface area contributed by atoms with Gasteiger partial charge in [0.2, 0.25) is 0 Å². The van der Waals surface area contributed by atoms with Gasteiger partial charge in [-0.2, -0.15) is 0 Å². The third-order valence-corrected chi connectivity index (χ3v) is 4.45. The van der Waals surface area contributed by atoms with Gasteiger partial charge in [-0.15, -0.1) is 11.8 Å². The van der Waals surface area contributed by atoms with Crippen molar-refractivity contribution in [3.05, 3.63) is 24.4 Å². The Hall–Kier alpha value is -1.23. The second kappa shape index (κ2) is 7.16. The van der Waals surface area contributed by atoms with Crippen LogP contribution in [0.3, 0.4) is 0 Å². The SMILES string of the molecule is CC(C)(C)OC(=O)N1CCC[C@@H](CSc2ccccn2)C1. The molecule has 1 aliphatic rings. The van der Waals surface area contributed by atoms with Gasteiger partial charge in [0.1, 0.15) is 5.60 Å². The van der Waals surface area contributed by atoms with E-state index in [4.69, 9.17) is 4.74 Å². The molecule has 1 saturated heterocycles. The molecule has 1 amide bonds. The first kappa shape index (κ1) is 16.1. The van der Waals surface area contributed by atoms with E-state index in [0.717, 1.165) is 30.3 Å². The van der Waals surface area contributed by atoms with Crippen molar-refractivity contribution in [2.24, 2.45) is 5.92 Å². The molecule has 1 aromatic rings. The molecule has 0 radical (unpaired) electrons. The molecule has 1 atom stereocenters. The molecule has 116 valence electrons. The second-order valence-corrected chi connectivity index (χ2v) is 7.45. The summed E-state index contributed by atoms with van der Waals surface area (Å²) < 4.78 is 5.46. The van der Waals surface area contributed by atoms with Gasteiger partial charge >= 0.3 is 6.09 Å². The van der Waals surface area contributed by atoms with Crippen LogP contribution in [0.15, 0.2) is 29.4 Å². The average Bonchev–Trinajstić information content (AvgIpc) is 2.45. The molecule has 5 heteroatoms. The number of ether oxygens (including phenoxy) is 1. The van der Waals surface area contributed by atoms with Crippen molar-refractivity contribution >= 4 is 17.9 Å². The number of likely N-dealkylation sites (tertiary alicyclic amines) is 1. The predicted molar refractivity (Wildman–Crippen MR) is 85.5 cm³/mol. The highest BCUT2D eigenvalue weighted by atomic mass is 32.2. The van der Waals surface area contributed by atoms with Crippen LogP contribution in [0.4, 0.5) is 4.79 Å². The van der Waals surface area contributed by atoms with E-state index < -0.39 is 5.60 Å². The van der Waals surface area contributed by atoms with Gasteiger partial charge in [-0.25, -0.2) is 9.78 Å². The number of carbonyl (C=O) groups excluding carboxylic acids is 1. The van der Waals surface area contributed by atoms with Crippen molar-refractivity contribution in [2.75, 3.05) is 18.8 Å². The Bertz CT molecular complexity index is 459. The maximum Gasteiger partial charge on any atom is 0.410 e. The number of thioether (sulfide) groups is 1. The van der Waals surface area contributed by atoms with Gasteiger partial charge < -0.3 is 9.64 Å². The fourth-order valence-corrected chi connectivity index (χ4v) is 3.32. The first-order chi connectivity index (χ1) is 9.94. The largest absolute Gasteiger partial charge is 0.444 e. The molecule has 0 aliphatic carbocycles. The number of hydrogen-bond donors (Lipinski definition) is 0. The summed E-state index contributed by atoms with van der Waals surface area (Å²) in [5, 5.41) is 1.05. The number of amides is 1. The number of rotatable bonds is 3. The summed E-state index contributed by atoms with van der Waals surface area (Å²) in [7, 11) is 0. The van der Waals surface area contributed by atoms with E-state index in [1.807, 2.05) is 50.1 Å². The quantitative estimate of drug-likeness (QED) is 0.796. The highest BCUT2D eigenvalue weighted by molar-refractivity contribution is 7.99. The van der Waals surface area contributed by atoms with Crippen LogP contribution >= 0.6 is 11.8 Å². The number of pyridine rings is 1. The smallest absolute Gasteiger partial charge is 0.410 e. The van der Waals surface area contributed by atoms with Gasteiger partial charge in [0.15, 0.2) is 0 Å². The summed E-state index contributed by atoms with van der Waals surface area (Å²) in [6, 6.07) is 5.96. The Morgan fingerprint density at radius 3 is 2.95 bits per heavy atom. The number of nitrogens with zero attached hydrogens (tertiary/aromatic N) is 2. The molecule has 0 N–H and O–H groups in total. The molecule has 1 fully saturated rings. The first-order valence-electron chi connectivity index (χ1n) is 7.46. The fraction of sp³-hybridized carbons (Fsp3) is 0.625. The van der Waals surface area contributed by atoms with Crippen molar-refractivity contribution in [3.8, 4) is 0 Å². The number of hydrogen-bond acceptors (Lipinski definition) is 4. The van der Waals surface area contributed by atoms with Crippen LogP contribution in [0.1, 0.15) is 33.6 Å². The molecule has 0 unspecified atom stereocenters. The van der Waals surface area contributed by atoms with Gasteiger partial charge in [-0.1, -0.05) is 6.07 Å². The summed E-state index contributed by atoms with van der Waals surface area (Å²) in [4.78, 5) is 18.3. The van der Waals surface area contributed by atoms with E-state index >= 15 is 0 Å². The van der Waals surface area contributed by atoms with Crippen LogP contribution in [-0.4, -0.2) is 40.4 Å². The first-order valence-corrected chi connectivity index (χ1v) is 8.44. The third kappa shape index (κ3) is 5.58. The van der Waals surface area contributed by atoms with Gasteiger partial charge in [0.05, 0.1) is 5.03 Å². The summed E-state index contributed by atoms with van der Waals surface area (Å²) in [5.74, 6) is 1.51. The Kier molecular flexibility index (Phi) is 5.51. The van der Waals surface area contributed by atoms with Crippen molar-refractivity contribution < 1.29 is 9.53 Å². The summed E-state index contributed by atoms with van der Waals surface area (Å²) in [6.45, 7) is 7.31. The van der Waals surface area contributed by atoms with Crippen LogP contribution in [0, 0.1) is 5.92 Å². The molecule has 2 rings (SSSR count). The van der Waals surface area contributed by atoms with E-state index in [1.165, 1.54) is 6.42 Å². The summed E-state index contributed by atoms with van der Waals surface area (Å²) in [6.07, 6.45) is 3.84. The zero-order valence-electron chi connectivity index (χ0n) is 13.0. The van der Waals surface area contributed by atoms with Crippen molar-refractivity contribution in [3.63, 3.8) is 0 Å². The number of carbonyl (C=O) groups is 1. The normalized spacial score (nSPS) is 19.4. The van der Waals surface area contributed by atoms with Crippen molar-refractivity contribution in [1.82, 2.24) is 9.88 Å². The molecular weight excluding hydrogens is 284 g/mol. The van der Waals surface area contributed by atoms with Gasteiger partial charge in [0, 0.05) is 25.0 Å². The van der Waals surface area contributed by atoms with Crippen LogP contribution in [0.2, 0.25) is 0 Å². The Balaban J connectivity index is 1.82. The van der Waals surface area contributed by atoms with Gasteiger partial charge in [0.25, 0.3) is 0 Å². The molecule has 0 bridgehead atoms. The lowest BCUT2D eigenvalue weighted by atomic mass is 10.0. The van der Waals surface area contributed by atoms with Crippen LogP contribution in [0.5, 0.6) is 0 Å². The molecule has 0 spiro atoms. The zero-order valence-corrected chi connectivity index (χ0v) is 13.9. The highest BCUT2D eigenvalue weighted by Gasteiger charge is 2.27. The van der Waals surface area contributed by atoms with E-state index in [-0.39, 0.29) is 6.09 Å². The minimum absolute atomic E-state index is 0.185. The van der Waals surface area contributed by atoms with Crippen LogP contribution in [0.25, 0.3) is 0 Å². The van der Waals surface area contributed by atoms with E-state index in [0.29, 0.717) is 5.92 Å². The Labute approximate surface area is 131 Å². The molecule has 4 nitrogen and oxygen atoms in total. The lowest BCUT2D eigenvalue weighted by Crippen LogP contribution is -2.43. The molecule has 0 saturated carbocycles. The lowest BCUT2D eigenvalue weighted by molar-refractivity contribution is 0.0177. The van der Waals surface area contributed by atoms with Crippen molar-refractivity contribution in [2.45, 2.75) is 44.2 Å². The Morgan fingerprint density at radius 1 is 1.48 bits per heavy atom. The van der Waals surface area contributed by atoms with Crippen molar-refractivity contribution in [1.29, 1.82) is 0 Å². The number of piperidine rings is 1. The summed E-state index contributed by atoms with van der Waals surface area (Å²) >= 11 is 1.76. The van der Waals surface area contributed by atoms with Crippen LogP contribution < -0.4 is 0 Å². The topological polar surface area (TPSA) is 42.4 Å². The third-order valence-electron chi connectivity index (χ3n) is 3.28. The lowest BCUT2D eigenvalue weighted by Gasteiger charge is -2.34. The average molecular weight is 308 g/mol. The minimum atomic E-state index is -0.424. The molecule has 2 heterocycles. The molecule has 0 aromatic carbocycles. The maximum atomic E-state index is 12.1. The maximum absolute atomic E-state index is 12.1. The van der Waals surface area contributed by atoms with Gasteiger partial charge in [-0.3, -0.25) is 0 Å². The molecule has 21 heavy (non-hydrogen) atoms. The van der Waals surface area contributed by atoms with E-state index in [2.05, 4.69) is 4.98 Å². The predicted octanol–water partition coefficient (Wildman–Crippen LogP) is 3.82. The van der Waals surface area contributed by atoms with E-state index in [9.17, 15) is 4.79 Å². The fourth-order valence-electron chi connectivity index (χ4n) is 2.33. The van der Waals surface area contributed by atoms with E-state index in [1.54, 1.807) is 11.8 Å². The van der Waals surface area contributed by atoms with Gasteiger partial charge in [-0.05, 0) is 51.7 Å². The monoisotopic (exact) mass is 308 g/mol. The highest BCUT2D eigenvalue weighted by Crippen LogP contribution is 2.25. The zero-order chi connectivity index (χ0) is 15.3. The standard InChI is InChI=1S/C16H24N2O2S/c1-16(2,3)20-15(19)18-10-6-7-13(11-18)12-21-14-8-4-5-9-17-14/h4-5,8-9,13H,6-7,10-12H2,1-3H3/t13-/m1/s1. The summed E-state index contributed by atoms with van der Waals surface area (Å²) in [5.41, 5.74) is -0.424. The molecule has 1 aliphatic heterocycles.